The van der Waals surface area contributed by atoms with Crippen LogP contribution in [0.2, 0.25) is 5.02 Å². The number of fused-ring (bicyclic) bond motifs is 1. The van der Waals surface area contributed by atoms with Crippen LogP contribution in [0.5, 0.6) is 17.2 Å². The number of nitrogens with zero attached hydrogens (tertiary/aromatic N) is 2. The number of carbonyl (C=O) groups is 2. The SMILES string of the molecule is COc1ccc(S(=O)(=O)N2C(=O)C(c3ccccc3OC)([N+](C)(C)[C@@H](CCCCN)C(N)=O)c3cc(Cl)ccc32)c(OC(F)(F)F)c1. The van der Waals surface area contributed by atoms with Crippen LogP contribution in [-0.2, 0) is 25.2 Å². The maximum atomic E-state index is 15.3. The summed E-state index contributed by atoms with van der Waals surface area (Å²) in [6, 6.07) is 11.9. The Kier molecular flexibility index (Phi) is 10.1. The molecular formula is C31H35ClF3N4O7S+. The maximum absolute atomic E-state index is 15.3. The van der Waals surface area contributed by atoms with Gasteiger partial charge in [-0.25, -0.2) is 8.42 Å². The van der Waals surface area contributed by atoms with Crippen molar-refractivity contribution < 1.29 is 49.9 Å². The second-order valence-electron chi connectivity index (χ2n) is 11.2. The summed E-state index contributed by atoms with van der Waals surface area (Å²) in [4.78, 5) is 27.5. The van der Waals surface area contributed by atoms with E-state index in [9.17, 15) is 26.4 Å². The molecule has 3 aromatic carbocycles. The van der Waals surface area contributed by atoms with Crippen molar-refractivity contribution in [1.29, 1.82) is 0 Å². The number of nitrogens with two attached hydrogens (primary N) is 2. The summed E-state index contributed by atoms with van der Waals surface area (Å²) in [5.41, 5.74) is 9.57. The van der Waals surface area contributed by atoms with E-state index in [0.717, 1.165) is 18.2 Å². The van der Waals surface area contributed by atoms with Crippen LogP contribution < -0.4 is 30.0 Å². The van der Waals surface area contributed by atoms with Gasteiger partial charge in [-0.1, -0.05) is 23.7 Å². The van der Waals surface area contributed by atoms with Gasteiger partial charge < -0.3 is 25.7 Å². The third-order valence-electron chi connectivity index (χ3n) is 8.36. The number of para-hydroxylation sites is 1. The van der Waals surface area contributed by atoms with E-state index in [0.29, 0.717) is 23.7 Å². The summed E-state index contributed by atoms with van der Waals surface area (Å²) in [7, 11) is 0.436. The lowest BCUT2D eigenvalue weighted by molar-refractivity contribution is -0.946. The Balaban J connectivity index is 2.12. The molecule has 4 rings (SSSR count). The van der Waals surface area contributed by atoms with E-state index in [4.69, 9.17) is 32.5 Å². The van der Waals surface area contributed by atoms with E-state index in [2.05, 4.69) is 4.74 Å². The predicted octanol–water partition coefficient (Wildman–Crippen LogP) is 4.29. The molecule has 1 aliphatic rings. The van der Waals surface area contributed by atoms with E-state index < -0.39 is 54.9 Å². The number of sulfonamides is 1. The lowest BCUT2D eigenvalue weighted by atomic mass is 9.78. The second-order valence-corrected chi connectivity index (χ2v) is 13.4. The van der Waals surface area contributed by atoms with E-state index in [1.807, 2.05) is 0 Å². The molecule has 47 heavy (non-hydrogen) atoms. The largest absolute Gasteiger partial charge is 0.573 e. The normalized spacial score (nSPS) is 17.3. The maximum Gasteiger partial charge on any atom is 0.573 e. The third-order valence-corrected chi connectivity index (χ3v) is 10.3. The minimum absolute atomic E-state index is 0.0463. The number of benzene rings is 3. The lowest BCUT2D eigenvalue weighted by Crippen LogP contribution is -2.69. The highest BCUT2D eigenvalue weighted by Crippen LogP contribution is 2.56. The van der Waals surface area contributed by atoms with Crippen molar-refractivity contribution in [3.05, 3.63) is 76.8 Å². The molecule has 16 heteroatoms. The van der Waals surface area contributed by atoms with Crippen LogP contribution in [0.15, 0.2) is 65.6 Å². The van der Waals surface area contributed by atoms with Gasteiger partial charge in [0.25, 0.3) is 15.9 Å². The first-order chi connectivity index (χ1) is 22.0. The Morgan fingerprint density at radius 3 is 2.28 bits per heavy atom. The van der Waals surface area contributed by atoms with E-state index >= 15 is 4.79 Å². The molecule has 4 N–H and O–H groups in total. The number of carbonyl (C=O) groups excluding carboxylic acids is 2. The number of ether oxygens (including phenoxy) is 3. The fourth-order valence-electron chi connectivity index (χ4n) is 6.29. The highest BCUT2D eigenvalue weighted by Gasteiger charge is 2.68. The van der Waals surface area contributed by atoms with Gasteiger partial charge in [0.15, 0.2) is 11.8 Å². The van der Waals surface area contributed by atoms with Gasteiger partial charge in [-0.3, -0.25) is 14.1 Å². The molecule has 0 aromatic heterocycles. The number of primary amides is 1. The predicted molar refractivity (Wildman–Crippen MR) is 168 cm³/mol. The van der Waals surface area contributed by atoms with Gasteiger partial charge in [0.2, 0.25) is 5.54 Å². The topological polar surface area (TPSA) is 151 Å². The molecule has 0 aliphatic carbocycles. The van der Waals surface area contributed by atoms with E-state index in [1.165, 1.54) is 32.4 Å². The average molecular weight is 700 g/mol. The number of likely N-dealkylation sites (N-methyl/N-ethyl adjacent to an activating group) is 1. The summed E-state index contributed by atoms with van der Waals surface area (Å²) < 4.78 is 84.3. The first kappa shape index (κ1) is 35.8. The van der Waals surface area contributed by atoms with Crippen LogP contribution in [0.25, 0.3) is 0 Å². The third kappa shape index (κ3) is 6.20. The van der Waals surface area contributed by atoms with E-state index in [1.54, 1.807) is 38.4 Å². The summed E-state index contributed by atoms with van der Waals surface area (Å²) >= 11 is 6.48. The summed E-state index contributed by atoms with van der Waals surface area (Å²) in [6.45, 7) is 0.324. The number of alkyl halides is 3. The smallest absolute Gasteiger partial charge is 0.497 e. The Morgan fingerprint density at radius 2 is 1.68 bits per heavy atom. The number of unbranched alkanes of at least 4 members (excludes halogenated alkanes) is 1. The lowest BCUT2D eigenvalue weighted by Gasteiger charge is -2.49. The first-order valence-electron chi connectivity index (χ1n) is 14.3. The Bertz CT molecular complexity index is 1790. The summed E-state index contributed by atoms with van der Waals surface area (Å²) in [5.74, 6) is -3.00. The zero-order valence-electron chi connectivity index (χ0n) is 26.0. The molecule has 11 nitrogen and oxygen atoms in total. The molecule has 0 saturated heterocycles. The molecule has 3 aromatic rings. The van der Waals surface area contributed by atoms with Gasteiger partial charge in [0.05, 0.1) is 45.1 Å². The van der Waals surface area contributed by atoms with Crippen LogP contribution in [0, 0.1) is 0 Å². The molecule has 0 bridgehead atoms. The van der Waals surface area contributed by atoms with Crippen LogP contribution in [0.4, 0.5) is 18.9 Å². The highest BCUT2D eigenvalue weighted by molar-refractivity contribution is 7.93. The molecule has 2 amide bonds. The van der Waals surface area contributed by atoms with Crippen molar-refractivity contribution in [3.63, 3.8) is 0 Å². The van der Waals surface area contributed by atoms with Crippen LogP contribution in [0.1, 0.15) is 30.4 Å². The number of quaternary nitrogens is 1. The van der Waals surface area contributed by atoms with Crippen molar-refractivity contribution in [3.8, 4) is 17.2 Å². The zero-order chi connectivity index (χ0) is 34.9. The standard InChI is InChI=1S/C31H34ClF3N4O7S/c1-39(2,24(28(37)40)10-7-8-16-36)30(21-9-5-6-11-25(21)45-4)22-17-19(32)12-14-23(22)38(29(30)41)47(42,43)27-15-13-20(44-3)18-26(27)46-31(33,34)35/h5-6,9,11-15,17-18,24H,7-8,10,16,36H2,1-4H3,(H-,37,40)/p+1/t24-,30?/m0/s1. The molecule has 0 saturated carbocycles. The number of anilines is 1. The number of hydrogen-bond acceptors (Lipinski definition) is 8. The minimum atomic E-state index is -5.30. The van der Waals surface area contributed by atoms with Crippen LogP contribution >= 0.6 is 11.6 Å². The van der Waals surface area contributed by atoms with Crippen LogP contribution in [-0.4, -0.2) is 72.0 Å². The second kappa shape index (κ2) is 13.2. The number of rotatable bonds is 13. The van der Waals surface area contributed by atoms with Crippen molar-refractivity contribution in [1.82, 2.24) is 0 Å². The van der Waals surface area contributed by atoms with Crippen molar-refractivity contribution >= 4 is 39.1 Å². The van der Waals surface area contributed by atoms with Crippen molar-refractivity contribution in [2.45, 2.75) is 42.1 Å². The molecule has 1 unspecified atom stereocenters. The molecule has 0 spiro atoms. The molecule has 1 aliphatic heterocycles. The highest BCUT2D eigenvalue weighted by atomic mass is 35.5. The van der Waals surface area contributed by atoms with Gasteiger partial charge in [0.1, 0.15) is 16.4 Å². The van der Waals surface area contributed by atoms with E-state index in [-0.39, 0.29) is 39.8 Å². The van der Waals surface area contributed by atoms with Crippen LogP contribution in [0.3, 0.4) is 0 Å². The molecular weight excluding hydrogens is 665 g/mol. The van der Waals surface area contributed by atoms with Crippen molar-refractivity contribution in [2.75, 3.05) is 39.2 Å². The van der Waals surface area contributed by atoms with Crippen molar-refractivity contribution in [2.24, 2.45) is 11.5 Å². The van der Waals surface area contributed by atoms with Gasteiger partial charge in [-0.2, -0.15) is 4.31 Å². The molecule has 1 heterocycles. The quantitative estimate of drug-likeness (QED) is 0.198. The number of amides is 2. The zero-order valence-corrected chi connectivity index (χ0v) is 27.6. The molecule has 0 radical (unpaired) electrons. The van der Waals surface area contributed by atoms with Gasteiger partial charge >= 0.3 is 12.3 Å². The monoisotopic (exact) mass is 699 g/mol. The average Bonchev–Trinajstić information content (AvgIpc) is 3.26. The molecule has 2 atom stereocenters. The van der Waals surface area contributed by atoms with Gasteiger partial charge in [-0.05, 0) is 61.9 Å². The summed E-state index contributed by atoms with van der Waals surface area (Å²) in [6.07, 6.45) is -4.16. The number of halogens is 4. The van der Waals surface area contributed by atoms with Gasteiger partial charge in [-0.15, -0.1) is 13.2 Å². The Hall–Kier alpha value is -4.05. The Morgan fingerprint density at radius 1 is 1.00 bits per heavy atom. The first-order valence-corrected chi connectivity index (χ1v) is 16.1. The molecule has 0 fully saturated rings. The number of methoxy groups -OCH3 is 2. The van der Waals surface area contributed by atoms with Gasteiger partial charge in [0, 0.05) is 17.5 Å². The fourth-order valence-corrected chi connectivity index (χ4v) is 8.02. The number of hydrogen-bond donors (Lipinski definition) is 2. The summed E-state index contributed by atoms with van der Waals surface area (Å²) in [5, 5.41) is 0.111. The fraction of sp³-hybridized carbons (Fsp3) is 0.355. The minimum Gasteiger partial charge on any atom is -0.497 e. The molecule has 254 valence electrons. The Labute approximate surface area is 275 Å².